The van der Waals surface area contributed by atoms with Crippen LogP contribution in [0.1, 0.15) is 45.6 Å². The van der Waals surface area contributed by atoms with E-state index >= 15 is 0 Å². The molecule has 1 saturated carbocycles. The van der Waals surface area contributed by atoms with Crippen LogP contribution in [0.4, 0.5) is 5.82 Å². The van der Waals surface area contributed by atoms with Gasteiger partial charge in [-0.15, -0.1) is 0 Å². The Morgan fingerprint density at radius 2 is 2.05 bits per heavy atom. The van der Waals surface area contributed by atoms with Crippen molar-refractivity contribution < 1.29 is 0 Å². The quantitative estimate of drug-likeness (QED) is 0.896. The van der Waals surface area contributed by atoms with Gasteiger partial charge in [-0.1, -0.05) is 12.8 Å². The molecule has 0 unspecified atom stereocenters. The van der Waals surface area contributed by atoms with Crippen molar-refractivity contribution in [2.45, 2.75) is 51.1 Å². The van der Waals surface area contributed by atoms with Gasteiger partial charge in [-0.2, -0.15) is 0 Å². The third-order valence-corrected chi connectivity index (χ3v) is 4.49. The summed E-state index contributed by atoms with van der Waals surface area (Å²) in [5.74, 6) is 0.467. The topological polar surface area (TPSA) is 50.2 Å². The molecule has 20 heavy (non-hydrogen) atoms. The average molecular weight is 278 g/mol. The van der Waals surface area contributed by atoms with Crippen molar-refractivity contribution in [2.24, 2.45) is 0 Å². The van der Waals surface area contributed by atoms with Gasteiger partial charge in [0.1, 0.15) is 0 Å². The second kappa shape index (κ2) is 5.95. The van der Waals surface area contributed by atoms with Crippen molar-refractivity contribution in [2.75, 3.05) is 26.0 Å². The number of nitrogens with one attached hydrogen (secondary N) is 1. The molecule has 1 aromatic rings. The van der Waals surface area contributed by atoms with E-state index in [0.717, 1.165) is 6.54 Å². The highest BCUT2D eigenvalue weighted by atomic mass is 16.1. The van der Waals surface area contributed by atoms with Crippen molar-refractivity contribution >= 4 is 5.82 Å². The minimum Gasteiger partial charge on any atom is -0.364 e. The van der Waals surface area contributed by atoms with Crippen LogP contribution in [-0.4, -0.2) is 40.6 Å². The third kappa shape index (κ3) is 2.87. The van der Waals surface area contributed by atoms with E-state index in [1.165, 1.54) is 25.7 Å². The van der Waals surface area contributed by atoms with E-state index in [1.54, 1.807) is 17.0 Å². The van der Waals surface area contributed by atoms with Gasteiger partial charge in [-0.25, -0.2) is 4.98 Å². The monoisotopic (exact) mass is 278 g/mol. The van der Waals surface area contributed by atoms with Gasteiger partial charge in [0.05, 0.1) is 0 Å². The summed E-state index contributed by atoms with van der Waals surface area (Å²) in [5.41, 5.74) is 0.126. The lowest BCUT2D eigenvalue weighted by molar-refractivity contribution is 0.172. The molecule has 5 nitrogen and oxygen atoms in total. The third-order valence-electron chi connectivity index (χ3n) is 4.49. The van der Waals surface area contributed by atoms with E-state index in [-0.39, 0.29) is 17.1 Å². The van der Waals surface area contributed by atoms with Crippen LogP contribution in [0.2, 0.25) is 0 Å². The molecule has 1 heterocycles. The number of hydrogen-bond acceptors (Lipinski definition) is 4. The Balaban J connectivity index is 2.15. The fraction of sp³-hybridized carbons (Fsp3) is 0.733. The maximum absolute atomic E-state index is 12.3. The van der Waals surface area contributed by atoms with E-state index in [2.05, 4.69) is 29.3 Å². The summed E-state index contributed by atoms with van der Waals surface area (Å²) in [4.78, 5) is 18.8. The van der Waals surface area contributed by atoms with Crippen molar-refractivity contribution in [3.05, 3.63) is 22.7 Å². The molecule has 0 amide bonds. The van der Waals surface area contributed by atoms with Crippen LogP contribution in [0.25, 0.3) is 0 Å². The Kier molecular flexibility index (Phi) is 4.48. The van der Waals surface area contributed by atoms with E-state index < -0.39 is 0 Å². The Morgan fingerprint density at radius 1 is 1.40 bits per heavy atom. The van der Waals surface area contributed by atoms with E-state index in [4.69, 9.17) is 0 Å². The SMILES string of the molecule is CC(C)n1ccnc(NCC2(N(C)C)CCCC2)c1=O. The molecular formula is C15H26N4O. The summed E-state index contributed by atoms with van der Waals surface area (Å²) in [6.07, 6.45) is 8.32. The normalized spacial score (nSPS) is 17.9. The standard InChI is InChI=1S/C15H26N4O/c1-12(2)19-10-9-16-13(14(19)20)17-11-15(18(3)4)7-5-6-8-15/h9-10,12H,5-8,11H2,1-4H3,(H,16,17). The number of aromatic nitrogens is 2. The fourth-order valence-corrected chi connectivity index (χ4v) is 3.02. The molecule has 5 heteroatoms. The second-order valence-electron chi connectivity index (χ2n) is 6.26. The van der Waals surface area contributed by atoms with Crippen molar-refractivity contribution in [3.63, 3.8) is 0 Å². The largest absolute Gasteiger partial charge is 0.364 e. The summed E-state index contributed by atoms with van der Waals surface area (Å²) >= 11 is 0. The summed E-state index contributed by atoms with van der Waals surface area (Å²) < 4.78 is 1.71. The van der Waals surface area contributed by atoms with Crippen molar-refractivity contribution in [1.82, 2.24) is 14.5 Å². The lowest BCUT2D eigenvalue weighted by Crippen LogP contribution is -2.48. The smallest absolute Gasteiger partial charge is 0.293 e. The first-order chi connectivity index (χ1) is 9.46. The first-order valence-corrected chi connectivity index (χ1v) is 7.45. The van der Waals surface area contributed by atoms with Crippen LogP contribution >= 0.6 is 0 Å². The van der Waals surface area contributed by atoms with Crippen LogP contribution < -0.4 is 10.9 Å². The number of anilines is 1. The highest BCUT2D eigenvalue weighted by Gasteiger charge is 2.35. The van der Waals surface area contributed by atoms with Crippen molar-refractivity contribution in [3.8, 4) is 0 Å². The molecule has 0 spiro atoms. The lowest BCUT2D eigenvalue weighted by Gasteiger charge is -2.36. The summed E-state index contributed by atoms with van der Waals surface area (Å²) in [6, 6.07) is 0.153. The maximum atomic E-state index is 12.3. The molecule has 1 aromatic heterocycles. The summed E-state index contributed by atoms with van der Waals surface area (Å²) in [6.45, 7) is 4.79. The first kappa shape index (κ1) is 15.0. The molecule has 112 valence electrons. The molecule has 0 aromatic carbocycles. The highest BCUT2D eigenvalue weighted by molar-refractivity contribution is 5.32. The average Bonchev–Trinajstić information content (AvgIpc) is 2.87. The molecule has 0 bridgehead atoms. The van der Waals surface area contributed by atoms with Gasteiger partial charge < -0.3 is 14.8 Å². The van der Waals surface area contributed by atoms with Gasteiger partial charge >= 0.3 is 0 Å². The number of likely N-dealkylation sites (N-methyl/N-ethyl adjacent to an activating group) is 1. The maximum Gasteiger partial charge on any atom is 0.293 e. The lowest BCUT2D eigenvalue weighted by atomic mass is 9.96. The predicted molar refractivity (Wildman–Crippen MR) is 82.3 cm³/mol. The van der Waals surface area contributed by atoms with E-state index in [9.17, 15) is 4.79 Å². The number of rotatable bonds is 5. The summed E-state index contributed by atoms with van der Waals surface area (Å²) in [5, 5.41) is 3.29. The first-order valence-electron chi connectivity index (χ1n) is 7.45. The molecular weight excluding hydrogens is 252 g/mol. The highest BCUT2D eigenvalue weighted by Crippen LogP contribution is 2.33. The minimum atomic E-state index is -0.0330. The van der Waals surface area contributed by atoms with Gasteiger partial charge in [0.2, 0.25) is 0 Å². The fourth-order valence-electron chi connectivity index (χ4n) is 3.02. The molecule has 0 atom stereocenters. The van der Waals surface area contributed by atoms with Crippen LogP contribution in [0, 0.1) is 0 Å². The number of hydrogen-bond donors (Lipinski definition) is 1. The molecule has 2 rings (SSSR count). The Bertz CT molecular complexity index is 501. The Labute approximate surface area is 121 Å². The van der Waals surface area contributed by atoms with Crippen LogP contribution in [-0.2, 0) is 0 Å². The van der Waals surface area contributed by atoms with Gasteiger partial charge in [-0.05, 0) is 40.8 Å². The van der Waals surface area contributed by atoms with E-state index in [0.29, 0.717) is 5.82 Å². The molecule has 0 aliphatic heterocycles. The zero-order valence-corrected chi connectivity index (χ0v) is 13.0. The molecule has 1 N–H and O–H groups in total. The molecule has 0 saturated heterocycles. The van der Waals surface area contributed by atoms with Crippen LogP contribution in [0.15, 0.2) is 17.2 Å². The Hall–Kier alpha value is -1.36. The van der Waals surface area contributed by atoms with Crippen LogP contribution in [0.3, 0.4) is 0 Å². The van der Waals surface area contributed by atoms with Gasteiger partial charge in [-0.3, -0.25) is 4.79 Å². The zero-order chi connectivity index (χ0) is 14.8. The predicted octanol–water partition coefficient (Wildman–Crippen LogP) is 2.11. The second-order valence-corrected chi connectivity index (χ2v) is 6.26. The Morgan fingerprint density at radius 3 is 2.60 bits per heavy atom. The minimum absolute atomic E-state index is 0.0330. The van der Waals surface area contributed by atoms with Crippen molar-refractivity contribution in [1.29, 1.82) is 0 Å². The molecule has 1 aliphatic rings. The summed E-state index contributed by atoms with van der Waals surface area (Å²) in [7, 11) is 4.25. The van der Waals surface area contributed by atoms with E-state index in [1.807, 2.05) is 13.8 Å². The number of nitrogens with zero attached hydrogens (tertiary/aromatic N) is 3. The van der Waals surface area contributed by atoms with Gasteiger partial charge in [0.25, 0.3) is 5.56 Å². The zero-order valence-electron chi connectivity index (χ0n) is 13.0. The van der Waals surface area contributed by atoms with Gasteiger partial charge in [0, 0.05) is 30.5 Å². The molecule has 0 radical (unpaired) electrons. The molecule has 1 fully saturated rings. The molecule has 1 aliphatic carbocycles. The van der Waals surface area contributed by atoms with Gasteiger partial charge in [0.15, 0.2) is 5.82 Å². The van der Waals surface area contributed by atoms with Crippen LogP contribution in [0.5, 0.6) is 0 Å².